The number of aryl methyl sites for hydroxylation is 2. The van der Waals surface area contributed by atoms with Crippen LogP contribution in [-0.2, 0) is 11.2 Å². The van der Waals surface area contributed by atoms with E-state index in [2.05, 4.69) is 15.3 Å². The zero-order valence-corrected chi connectivity index (χ0v) is 14.0. The number of nitrogens with zero attached hydrogens (tertiary/aromatic N) is 1. The van der Waals surface area contributed by atoms with Gasteiger partial charge in [0.05, 0.1) is 12.8 Å². The highest BCUT2D eigenvalue weighted by molar-refractivity contribution is 6.31. The lowest BCUT2D eigenvalue weighted by molar-refractivity contribution is -0.116. The van der Waals surface area contributed by atoms with Crippen LogP contribution in [0, 0.1) is 13.8 Å². The Morgan fingerprint density at radius 1 is 1.39 bits per heavy atom. The van der Waals surface area contributed by atoms with Gasteiger partial charge in [-0.05, 0) is 38.5 Å². The molecule has 0 aliphatic carbocycles. The zero-order chi connectivity index (χ0) is 17.0. The van der Waals surface area contributed by atoms with Crippen molar-refractivity contribution in [2.75, 3.05) is 12.4 Å². The highest BCUT2D eigenvalue weighted by Crippen LogP contribution is 2.27. The average Bonchev–Trinajstić information content (AvgIpc) is 2.46. The topological polar surface area (TPSA) is 84.1 Å². The molecule has 0 unspecified atom stereocenters. The predicted octanol–water partition coefficient (Wildman–Crippen LogP) is 2.62. The van der Waals surface area contributed by atoms with Crippen molar-refractivity contribution in [3.8, 4) is 5.75 Å². The van der Waals surface area contributed by atoms with Crippen LogP contribution < -0.4 is 15.6 Å². The number of carbonyl (C=O) groups excluding carboxylic acids is 1. The molecule has 2 N–H and O–H groups in total. The van der Waals surface area contributed by atoms with Crippen LogP contribution in [0.2, 0.25) is 5.02 Å². The Bertz CT molecular complexity index is 787. The van der Waals surface area contributed by atoms with Crippen LogP contribution in [0.5, 0.6) is 5.75 Å². The molecule has 2 aromatic rings. The summed E-state index contributed by atoms with van der Waals surface area (Å²) < 4.78 is 5.18. The number of nitrogens with one attached hydrogen (secondary N) is 2. The van der Waals surface area contributed by atoms with E-state index in [0.29, 0.717) is 40.0 Å². The number of aromatic nitrogens is 2. The van der Waals surface area contributed by atoms with Gasteiger partial charge < -0.3 is 15.0 Å². The Balaban J connectivity index is 2.07. The second-order valence-corrected chi connectivity index (χ2v) is 5.54. The Labute approximate surface area is 138 Å². The maximum atomic E-state index is 12.1. The number of H-pyrrole nitrogens is 1. The van der Waals surface area contributed by atoms with Crippen molar-refractivity contribution in [3.63, 3.8) is 0 Å². The molecule has 0 radical (unpaired) electrons. The maximum absolute atomic E-state index is 12.1. The van der Waals surface area contributed by atoms with Crippen molar-refractivity contribution >= 4 is 23.2 Å². The molecule has 0 fully saturated rings. The molecule has 0 saturated heterocycles. The molecular formula is C16H18ClN3O3. The van der Waals surface area contributed by atoms with E-state index in [1.54, 1.807) is 32.0 Å². The first-order valence-corrected chi connectivity index (χ1v) is 7.48. The zero-order valence-electron chi connectivity index (χ0n) is 13.2. The highest BCUT2D eigenvalue weighted by Gasteiger charge is 2.12. The third-order valence-corrected chi connectivity index (χ3v) is 3.61. The number of amides is 1. The fourth-order valence-corrected chi connectivity index (χ4v) is 2.45. The molecule has 0 aliphatic heterocycles. The standard InChI is InChI=1S/C16H18ClN3O3/c1-9-12(16(22)19-10(2)18-9)5-7-15(21)20-13-8-11(17)4-6-14(13)23-3/h4,6,8H,5,7H2,1-3H3,(H,20,21)(H,18,19,22). The molecule has 0 spiro atoms. The largest absolute Gasteiger partial charge is 0.495 e. The molecule has 0 bridgehead atoms. The lowest BCUT2D eigenvalue weighted by Crippen LogP contribution is -2.20. The second kappa shape index (κ2) is 7.28. The number of carbonyl (C=O) groups is 1. The van der Waals surface area contributed by atoms with Crippen molar-refractivity contribution in [2.24, 2.45) is 0 Å². The van der Waals surface area contributed by atoms with Crippen LogP contribution in [0.4, 0.5) is 5.69 Å². The first-order valence-electron chi connectivity index (χ1n) is 7.10. The molecule has 0 aliphatic rings. The van der Waals surface area contributed by atoms with Crippen LogP contribution in [0.15, 0.2) is 23.0 Å². The minimum Gasteiger partial charge on any atom is -0.495 e. The third kappa shape index (κ3) is 4.32. The van der Waals surface area contributed by atoms with Gasteiger partial charge in [-0.15, -0.1) is 0 Å². The van der Waals surface area contributed by atoms with Crippen molar-refractivity contribution in [2.45, 2.75) is 26.7 Å². The summed E-state index contributed by atoms with van der Waals surface area (Å²) in [7, 11) is 1.51. The molecular weight excluding hydrogens is 318 g/mol. The van der Waals surface area contributed by atoms with Gasteiger partial charge in [0.15, 0.2) is 0 Å². The van der Waals surface area contributed by atoms with Crippen molar-refractivity contribution in [1.82, 2.24) is 9.97 Å². The van der Waals surface area contributed by atoms with E-state index < -0.39 is 0 Å². The van der Waals surface area contributed by atoms with Crippen LogP contribution in [0.3, 0.4) is 0 Å². The molecule has 0 saturated carbocycles. The van der Waals surface area contributed by atoms with Crippen molar-refractivity contribution < 1.29 is 9.53 Å². The van der Waals surface area contributed by atoms with Crippen LogP contribution >= 0.6 is 11.6 Å². The van der Waals surface area contributed by atoms with Crippen molar-refractivity contribution in [3.05, 3.63) is 50.7 Å². The number of hydrogen-bond acceptors (Lipinski definition) is 4. The van der Waals surface area contributed by atoms with Gasteiger partial charge in [-0.25, -0.2) is 4.98 Å². The normalized spacial score (nSPS) is 10.4. The summed E-state index contributed by atoms with van der Waals surface area (Å²) in [4.78, 5) is 30.9. The molecule has 1 heterocycles. The van der Waals surface area contributed by atoms with Crippen LogP contribution in [0.25, 0.3) is 0 Å². The SMILES string of the molecule is COc1ccc(Cl)cc1NC(=O)CCc1c(C)nc(C)[nH]c1=O. The minimum absolute atomic E-state index is 0.157. The highest BCUT2D eigenvalue weighted by atomic mass is 35.5. The minimum atomic E-state index is -0.232. The summed E-state index contributed by atoms with van der Waals surface area (Å²) in [5, 5.41) is 3.24. The Morgan fingerprint density at radius 3 is 2.78 bits per heavy atom. The molecule has 1 aromatic carbocycles. The Morgan fingerprint density at radius 2 is 2.13 bits per heavy atom. The predicted molar refractivity (Wildman–Crippen MR) is 89.3 cm³/mol. The molecule has 1 aromatic heterocycles. The average molecular weight is 336 g/mol. The van der Waals surface area contributed by atoms with Gasteiger partial charge in [-0.3, -0.25) is 9.59 Å². The van der Waals surface area contributed by atoms with E-state index in [0.717, 1.165) is 0 Å². The number of anilines is 1. The van der Waals surface area contributed by atoms with Crippen LogP contribution in [-0.4, -0.2) is 23.0 Å². The van der Waals surface area contributed by atoms with Gasteiger partial charge in [0, 0.05) is 22.7 Å². The summed E-state index contributed by atoms with van der Waals surface area (Å²) in [6.45, 7) is 3.48. The lowest BCUT2D eigenvalue weighted by Gasteiger charge is -2.11. The van der Waals surface area contributed by atoms with E-state index >= 15 is 0 Å². The quantitative estimate of drug-likeness (QED) is 0.879. The number of aromatic amines is 1. The summed E-state index contributed by atoms with van der Waals surface area (Å²) in [6.07, 6.45) is 0.466. The first-order chi connectivity index (χ1) is 10.9. The van der Waals surface area contributed by atoms with E-state index in [1.807, 2.05) is 0 Å². The molecule has 122 valence electrons. The van der Waals surface area contributed by atoms with Gasteiger partial charge in [0.1, 0.15) is 11.6 Å². The Hall–Kier alpha value is -2.34. The molecule has 0 atom stereocenters. The fraction of sp³-hybridized carbons (Fsp3) is 0.312. The fourth-order valence-electron chi connectivity index (χ4n) is 2.27. The number of methoxy groups -OCH3 is 1. The summed E-state index contributed by atoms with van der Waals surface area (Å²) in [6, 6.07) is 4.97. The number of ether oxygens (including phenoxy) is 1. The number of benzene rings is 1. The molecule has 1 amide bonds. The van der Waals surface area contributed by atoms with E-state index in [-0.39, 0.29) is 17.9 Å². The summed E-state index contributed by atoms with van der Waals surface area (Å²) >= 11 is 5.93. The van der Waals surface area contributed by atoms with E-state index in [9.17, 15) is 9.59 Å². The monoisotopic (exact) mass is 335 g/mol. The van der Waals surface area contributed by atoms with Gasteiger partial charge in [-0.1, -0.05) is 11.6 Å². The third-order valence-electron chi connectivity index (χ3n) is 3.38. The lowest BCUT2D eigenvalue weighted by atomic mass is 10.1. The van der Waals surface area contributed by atoms with E-state index in [1.165, 1.54) is 7.11 Å². The maximum Gasteiger partial charge on any atom is 0.254 e. The van der Waals surface area contributed by atoms with Gasteiger partial charge in [-0.2, -0.15) is 0 Å². The van der Waals surface area contributed by atoms with Gasteiger partial charge in [0.25, 0.3) is 5.56 Å². The number of halogens is 1. The van der Waals surface area contributed by atoms with Gasteiger partial charge >= 0.3 is 0 Å². The molecule has 2 rings (SSSR count). The molecule has 7 heteroatoms. The smallest absolute Gasteiger partial charge is 0.254 e. The molecule has 23 heavy (non-hydrogen) atoms. The Kier molecular flexibility index (Phi) is 5.39. The second-order valence-electron chi connectivity index (χ2n) is 5.11. The summed E-state index contributed by atoms with van der Waals surface area (Å²) in [5.74, 6) is 0.850. The van der Waals surface area contributed by atoms with Crippen LogP contribution in [0.1, 0.15) is 23.5 Å². The van der Waals surface area contributed by atoms with Crippen molar-refractivity contribution in [1.29, 1.82) is 0 Å². The van der Waals surface area contributed by atoms with E-state index in [4.69, 9.17) is 16.3 Å². The summed E-state index contributed by atoms with van der Waals surface area (Å²) in [5.41, 5.74) is 1.45. The molecule has 6 nitrogen and oxygen atoms in total. The van der Waals surface area contributed by atoms with Gasteiger partial charge in [0.2, 0.25) is 5.91 Å². The first kappa shape index (κ1) is 17.0. The number of rotatable bonds is 5. The number of hydrogen-bond donors (Lipinski definition) is 2.